The van der Waals surface area contributed by atoms with Gasteiger partial charge in [0, 0.05) is 19.0 Å². The first-order valence-corrected chi connectivity index (χ1v) is 10.8. The van der Waals surface area contributed by atoms with Gasteiger partial charge in [0.05, 0.1) is 33.0 Å². The van der Waals surface area contributed by atoms with Crippen LogP contribution in [0.25, 0.3) is 0 Å². The van der Waals surface area contributed by atoms with Gasteiger partial charge in [-0.1, -0.05) is 6.92 Å². The number of aromatic nitrogens is 2. The zero-order valence-corrected chi connectivity index (χ0v) is 19.1. The average Bonchev–Trinajstić information content (AvgIpc) is 2.82. The van der Waals surface area contributed by atoms with Crippen LogP contribution in [0.4, 0.5) is 11.8 Å². The normalized spacial score (nSPS) is 20.5. The molecule has 1 aromatic carbocycles. The highest BCUT2D eigenvalue weighted by Crippen LogP contribution is 2.45. The van der Waals surface area contributed by atoms with Crippen molar-refractivity contribution in [3.8, 4) is 23.3 Å². The predicted octanol–water partition coefficient (Wildman–Crippen LogP) is 2.26. The quantitative estimate of drug-likeness (QED) is 0.705. The first kappa shape index (κ1) is 22.5. The number of rotatable bonds is 5. The number of amides is 1. The fraction of sp³-hybridized carbons (Fsp3) is 0.478. The van der Waals surface area contributed by atoms with E-state index in [1.807, 2.05) is 11.0 Å². The third-order valence-corrected chi connectivity index (χ3v) is 6.38. The maximum atomic E-state index is 13.3. The number of hydrogen-bond donors (Lipinski definition) is 2. The molecule has 0 spiro atoms. The second-order valence-electron chi connectivity index (χ2n) is 8.35. The first-order valence-electron chi connectivity index (χ1n) is 10.8. The molecule has 2 N–H and O–H groups in total. The van der Waals surface area contributed by atoms with Gasteiger partial charge in [-0.3, -0.25) is 14.6 Å². The molecule has 2 aliphatic heterocycles. The molecular weight excluding hydrogens is 426 g/mol. The second-order valence-corrected chi connectivity index (χ2v) is 8.35. The molecule has 0 saturated carbocycles. The molecule has 33 heavy (non-hydrogen) atoms. The Morgan fingerprint density at radius 1 is 1.09 bits per heavy atom. The molecule has 2 atom stereocenters. The van der Waals surface area contributed by atoms with Gasteiger partial charge in [-0.15, -0.1) is 0 Å². The van der Waals surface area contributed by atoms with E-state index < -0.39 is 23.3 Å². The number of carbonyl (C=O) groups is 1. The number of anilines is 2. The standard InChI is InChI=1S/C23H27N5O5/c1-12-5-7-28(8-6-12)23-26-20-18(22(30)27-23)17(14(11-24)21(29)25-20)13-9-15(31-2)19(33-4)16(10-13)32-3/h9-10,12,14,17H,5-8H2,1-4H3,(H2,25,26,27,29,30). The van der Waals surface area contributed by atoms with Crippen LogP contribution in [0.5, 0.6) is 17.2 Å². The summed E-state index contributed by atoms with van der Waals surface area (Å²) in [5, 5.41) is 12.5. The number of benzene rings is 1. The zero-order valence-electron chi connectivity index (χ0n) is 19.1. The molecule has 0 radical (unpaired) electrons. The van der Waals surface area contributed by atoms with Gasteiger partial charge in [-0.25, -0.2) is 0 Å². The van der Waals surface area contributed by atoms with Gasteiger partial charge in [0.25, 0.3) is 5.56 Å². The summed E-state index contributed by atoms with van der Waals surface area (Å²) in [6, 6.07) is 5.34. The van der Waals surface area contributed by atoms with Crippen LogP contribution in [0, 0.1) is 23.2 Å². The number of carbonyl (C=O) groups excluding carboxylic acids is 1. The summed E-state index contributed by atoms with van der Waals surface area (Å²) >= 11 is 0. The molecule has 0 aliphatic carbocycles. The highest BCUT2D eigenvalue weighted by Gasteiger charge is 2.41. The largest absolute Gasteiger partial charge is 0.493 e. The van der Waals surface area contributed by atoms with Crippen LogP contribution in [-0.2, 0) is 4.79 Å². The minimum atomic E-state index is -1.13. The monoisotopic (exact) mass is 453 g/mol. The molecule has 1 aromatic heterocycles. The van der Waals surface area contributed by atoms with Crippen molar-refractivity contribution in [2.45, 2.75) is 25.7 Å². The molecule has 1 saturated heterocycles. The molecule has 0 bridgehead atoms. The molecular formula is C23H27N5O5. The topological polar surface area (TPSA) is 130 Å². The van der Waals surface area contributed by atoms with Gasteiger partial charge in [0.1, 0.15) is 11.7 Å². The Kier molecular flexibility index (Phi) is 6.14. The van der Waals surface area contributed by atoms with Gasteiger partial charge < -0.3 is 24.4 Å². The maximum Gasteiger partial charge on any atom is 0.258 e. The van der Waals surface area contributed by atoms with Crippen LogP contribution >= 0.6 is 0 Å². The SMILES string of the molecule is COc1cc(C2c3c(nc(N4CCC(C)CC4)[nH]c3=O)NC(=O)C2C#N)cc(OC)c1OC. The smallest absolute Gasteiger partial charge is 0.258 e. The van der Waals surface area contributed by atoms with E-state index in [1.54, 1.807) is 12.1 Å². The van der Waals surface area contributed by atoms with E-state index in [0.29, 0.717) is 34.7 Å². The van der Waals surface area contributed by atoms with Crippen molar-refractivity contribution in [3.05, 3.63) is 33.6 Å². The molecule has 174 valence electrons. The Hall–Kier alpha value is -3.74. The number of H-pyrrole nitrogens is 1. The van der Waals surface area contributed by atoms with E-state index >= 15 is 0 Å². The number of nitriles is 1. The van der Waals surface area contributed by atoms with E-state index in [0.717, 1.165) is 25.9 Å². The molecule has 2 aliphatic rings. The van der Waals surface area contributed by atoms with E-state index in [1.165, 1.54) is 21.3 Å². The summed E-state index contributed by atoms with van der Waals surface area (Å²) < 4.78 is 16.2. The Balaban J connectivity index is 1.86. The lowest BCUT2D eigenvalue weighted by molar-refractivity contribution is -0.119. The van der Waals surface area contributed by atoms with Crippen molar-refractivity contribution in [1.82, 2.24) is 9.97 Å². The van der Waals surface area contributed by atoms with Crippen molar-refractivity contribution >= 4 is 17.7 Å². The summed E-state index contributed by atoms with van der Waals surface area (Å²) in [5.41, 5.74) is 0.344. The number of nitrogens with zero attached hydrogens (tertiary/aromatic N) is 3. The molecule has 2 aromatic rings. The van der Waals surface area contributed by atoms with Crippen molar-refractivity contribution in [3.63, 3.8) is 0 Å². The van der Waals surface area contributed by atoms with Crippen molar-refractivity contribution in [1.29, 1.82) is 5.26 Å². The lowest BCUT2D eigenvalue weighted by Crippen LogP contribution is -2.40. The third kappa shape index (κ3) is 3.95. The Labute approximate surface area is 191 Å². The lowest BCUT2D eigenvalue weighted by atomic mass is 9.79. The van der Waals surface area contributed by atoms with Crippen LogP contribution in [0.1, 0.15) is 36.8 Å². The minimum Gasteiger partial charge on any atom is -0.493 e. The van der Waals surface area contributed by atoms with Crippen molar-refractivity contribution in [2.75, 3.05) is 44.6 Å². The molecule has 10 heteroatoms. The molecule has 2 unspecified atom stereocenters. The number of methoxy groups -OCH3 is 3. The van der Waals surface area contributed by atoms with E-state index in [9.17, 15) is 14.9 Å². The average molecular weight is 453 g/mol. The molecule has 1 fully saturated rings. The summed E-state index contributed by atoms with van der Waals surface area (Å²) in [6.07, 6.45) is 2.00. The van der Waals surface area contributed by atoms with Gasteiger partial charge in [0.2, 0.25) is 17.6 Å². The van der Waals surface area contributed by atoms with E-state index in [4.69, 9.17) is 14.2 Å². The third-order valence-electron chi connectivity index (χ3n) is 6.38. The number of nitrogens with one attached hydrogen (secondary N) is 2. The molecule has 1 amide bonds. The summed E-state index contributed by atoms with van der Waals surface area (Å²) in [5.74, 6) is -0.207. The number of aromatic amines is 1. The Morgan fingerprint density at radius 2 is 1.73 bits per heavy atom. The Bertz CT molecular complexity index is 1140. The number of fused-ring (bicyclic) bond motifs is 1. The number of piperidine rings is 1. The van der Waals surface area contributed by atoms with E-state index in [2.05, 4.69) is 22.2 Å². The van der Waals surface area contributed by atoms with Crippen LogP contribution in [-0.4, -0.2) is 50.3 Å². The van der Waals surface area contributed by atoms with Gasteiger partial charge in [0.15, 0.2) is 11.5 Å². The second kappa shape index (κ2) is 9.02. The zero-order chi connectivity index (χ0) is 23.7. The van der Waals surface area contributed by atoms with Crippen molar-refractivity contribution in [2.24, 2.45) is 11.8 Å². The molecule has 3 heterocycles. The lowest BCUT2D eigenvalue weighted by Gasteiger charge is -2.33. The summed E-state index contributed by atoms with van der Waals surface area (Å²) in [6.45, 7) is 3.74. The molecule has 4 rings (SSSR count). The van der Waals surface area contributed by atoms with E-state index in [-0.39, 0.29) is 11.4 Å². The highest BCUT2D eigenvalue weighted by atomic mass is 16.5. The number of hydrogen-bond acceptors (Lipinski definition) is 8. The van der Waals surface area contributed by atoms with Crippen LogP contribution < -0.4 is 30.0 Å². The maximum absolute atomic E-state index is 13.3. The highest BCUT2D eigenvalue weighted by molar-refractivity contribution is 5.98. The fourth-order valence-electron chi connectivity index (χ4n) is 4.51. The van der Waals surface area contributed by atoms with Crippen molar-refractivity contribution < 1.29 is 19.0 Å². The van der Waals surface area contributed by atoms with Crippen LogP contribution in [0.15, 0.2) is 16.9 Å². The summed E-state index contributed by atoms with van der Waals surface area (Å²) in [4.78, 5) is 35.6. The predicted molar refractivity (Wildman–Crippen MR) is 121 cm³/mol. The minimum absolute atomic E-state index is 0.169. The molecule has 10 nitrogen and oxygen atoms in total. The fourth-order valence-corrected chi connectivity index (χ4v) is 4.51. The van der Waals surface area contributed by atoms with Gasteiger partial charge in [-0.2, -0.15) is 10.2 Å². The van der Waals surface area contributed by atoms with Gasteiger partial charge >= 0.3 is 0 Å². The van der Waals surface area contributed by atoms with Gasteiger partial charge in [-0.05, 0) is 36.5 Å². The Morgan fingerprint density at radius 3 is 2.27 bits per heavy atom. The number of ether oxygens (including phenoxy) is 3. The first-order chi connectivity index (χ1) is 15.9. The summed E-state index contributed by atoms with van der Waals surface area (Å²) in [7, 11) is 4.44. The van der Waals surface area contributed by atoms with Crippen LogP contribution in [0.2, 0.25) is 0 Å². The van der Waals surface area contributed by atoms with Crippen LogP contribution in [0.3, 0.4) is 0 Å².